The Bertz CT molecular complexity index is 771. The second-order valence-electron chi connectivity index (χ2n) is 7.21. The van der Waals surface area contributed by atoms with Gasteiger partial charge in [-0.1, -0.05) is 18.2 Å². The van der Waals surface area contributed by atoms with Crippen LogP contribution in [0.5, 0.6) is 5.75 Å². The molecule has 1 N–H and O–H groups in total. The maximum absolute atomic E-state index is 12.5. The number of carbonyl (C=O) groups is 1. The standard InChI is InChI=1S/C21H27N3O3/c1-16(2)27-20-9-4-3-7-18(20)22-21(25)15-23-13-10-17(11-14-23)19-8-5-6-12-24(19)26/h3-9,12,16-17H,10-11,13-15H2,1-2H3,(H,22,25). The molecule has 0 atom stereocenters. The van der Waals surface area contributed by atoms with E-state index in [1.54, 1.807) is 12.3 Å². The fraction of sp³-hybridized carbons (Fsp3) is 0.429. The highest BCUT2D eigenvalue weighted by molar-refractivity contribution is 5.93. The largest absolute Gasteiger partial charge is 0.618 e. The molecule has 2 aromatic rings. The lowest BCUT2D eigenvalue weighted by atomic mass is 9.93. The number of hydrogen-bond donors (Lipinski definition) is 1. The summed E-state index contributed by atoms with van der Waals surface area (Å²) in [5.41, 5.74) is 1.52. The van der Waals surface area contributed by atoms with Gasteiger partial charge in [0.2, 0.25) is 5.91 Å². The fourth-order valence-electron chi connectivity index (χ4n) is 3.46. The van der Waals surface area contributed by atoms with Crippen LogP contribution in [-0.4, -0.2) is 36.5 Å². The molecule has 6 heteroatoms. The van der Waals surface area contributed by atoms with E-state index in [-0.39, 0.29) is 17.9 Å². The second-order valence-corrected chi connectivity index (χ2v) is 7.21. The van der Waals surface area contributed by atoms with E-state index in [0.29, 0.717) is 18.0 Å². The van der Waals surface area contributed by atoms with Crippen molar-refractivity contribution in [1.82, 2.24) is 4.90 Å². The van der Waals surface area contributed by atoms with Crippen molar-refractivity contribution < 1.29 is 14.3 Å². The molecule has 1 aromatic carbocycles. The first-order chi connectivity index (χ1) is 13.0. The summed E-state index contributed by atoms with van der Waals surface area (Å²) in [6, 6.07) is 13.0. The smallest absolute Gasteiger partial charge is 0.238 e. The predicted molar refractivity (Wildman–Crippen MR) is 105 cm³/mol. The van der Waals surface area contributed by atoms with Crippen molar-refractivity contribution in [3.8, 4) is 5.75 Å². The lowest BCUT2D eigenvalue weighted by molar-refractivity contribution is -0.616. The van der Waals surface area contributed by atoms with E-state index in [1.165, 1.54) is 0 Å². The molecule has 0 aliphatic carbocycles. The van der Waals surface area contributed by atoms with Crippen LogP contribution in [0.3, 0.4) is 0 Å². The summed E-state index contributed by atoms with van der Waals surface area (Å²) in [6.45, 7) is 5.87. The van der Waals surface area contributed by atoms with Gasteiger partial charge in [0.15, 0.2) is 11.9 Å². The summed E-state index contributed by atoms with van der Waals surface area (Å²) in [5.74, 6) is 0.888. The van der Waals surface area contributed by atoms with E-state index in [4.69, 9.17) is 4.74 Å². The number of nitrogens with zero attached hydrogens (tertiary/aromatic N) is 2. The van der Waals surface area contributed by atoms with Gasteiger partial charge in [-0.15, -0.1) is 0 Å². The number of para-hydroxylation sites is 2. The van der Waals surface area contributed by atoms with Gasteiger partial charge in [0, 0.05) is 18.1 Å². The van der Waals surface area contributed by atoms with Crippen LogP contribution in [0.25, 0.3) is 0 Å². The van der Waals surface area contributed by atoms with Crippen LogP contribution >= 0.6 is 0 Å². The Kier molecular flexibility index (Phi) is 6.29. The summed E-state index contributed by atoms with van der Waals surface area (Å²) < 4.78 is 6.71. The Morgan fingerprint density at radius 1 is 1.22 bits per heavy atom. The summed E-state index contributed by atoms with van der Waals surface area (Å²) in [6.07, 6.45) is 3.36. The van der Waals surface area contributed by atoms with Crippen LogP contribution in [0.4, 0.5) is 5.69 Å². The number of aromatic nitrogens is 1. The average molecular weight is 369 g/mol. The minimum Gasteiger partial charge on any atom is -0.618 e. The van der Waals surface area contributed by atoms with E-state index in [9.17, 15) is 10.0 Å². The minimum atomic E-state index is -0.0492. The van der Waals surface area contributed by atoms with E-state index >= 15 is 0 Å². The number of pyridine rings is 1. The first-order valence-electron chi connectivity index (χ1n) is 9.49. The Balaban J connectivity index is 1.52. The van der Waals surface area contributed by atoms with Crippen molar-refractivity contribution >= 4 is 11.6 Å². The van der Waals surface area contributed by atoms with Gasteiger partial charge in [-0.3, -0.25) is 9.69 Å². The van der Waals surface area contributed by atoms with E-state index in [0.717, 1.165) is 36.4 Å². The summed E-state index contributed by atoms with van der Waals surface area (Å²) in [7, 11) is 0. The monoisotopic (exact) mass is 369 g/mol. The molecule has 3 rings (SSSR count). The van der Waals surface area contributed by atoms with Crippen molar-refractivity contribution in [2.45, 2.75) is 38.7 Å². The van der Waals surface area contributed by atoms with Crippen LogP contribution in [0.15, 0.2) is 48.7 Å². The third-order valence-electron chi connectivity index (χ3n) is 4.75. The van der Waals surface area contributed by atoms with Gasteiger partial charge in [0.05, 0.1) is 18.3 Å². The van der Waals surface area contributed by atoms with Crippen LogP contribution in [0.2, 0.25) is 0 Å². The molecule has 2 heterocycles. The van der Waals surface area contributed by atoms with Crippen molar-refractivity contribution in [3.05, 3.63) is 59.6 Å². The van der Waals surface area contributed by atoms with Gasteiger partial charge >= 0.3 is 0 Å². The molecule has 0 unspecified atom stereocenters. The Morgan fingerprint density at radius 2 is 1.93 bits per heavy atom. The summed E-state index contributed by atoms with van der Waals surface area (Å²) in [4.78, 5) is 14.6. The minimum absolute atomic E-state index is 0.0452. The summed E-state index contributed by atoms with van der Waals surface area (Å²) in [5, 5.41) is 14.9. The zero-order chi connectivity index (χ0) is 19.2. The van der Waals surface area contributed by atoms with Crippen molar-refractivity contribution in [3.63, 3.8) is 0 Å². The quantitative estimate of drug-likeness (QED) is 0.628. The molecule has 1 aliphatic heterocycles. The van der Waals surface area contributed by atoms with Gasteiger partial charge < -0.3 is 15.3 Å². The van der Waals surface area contributed by atoms with Gasteiger partial charge in [-0.25, -0.2) is 0 Å². The SMILES string of the molecule is CC(C)Oc1ccccc1NC(=O)CN1CCC(c2cccc[n+]2[O-])CC1. The summed E-state index contributed by atoms with van der Waals surface area (Å²) >= 11 is 0. The first kappa shape index (κ1) is 19.2. The molecule has 1 aliphatic rings. The molecule has 1 aromatic heterocycles. The van der Waals surface area contributed by atoms with E-state index < -0.39 is 0 Å². The number of piperidine rings is 1. The number of likely N-dealkylation sites (tertiary alicyclic amines) is 1. The first-order valence-corrected chi connectivity index (χ1v) is 9.49. The molecule has 1 amide bonds. The fourth-order valence-corrected chi connectivity index (χ4v) is 3.46. The number of hydrogen-bond acceptors (Lipinski definition) is 4. The Labute approximate surface area is 160 Å². The molecular weight excluding hydrogens is 342 g/mol. The number of rotatable bonds is 6. The van der Waals surface area contributed by atoms with Crippen molar-refractivity contribution in [2.75, 3.05) is 25.0 Å². The Hall–Kier alpha value is -2.60. The lowest BCUT2D eigenvalue weighted by Gasteiger charge is -2.30. The van der Waals surface area contributed by atoms with E-state index in [2.05, 4.69) is 10.2 Å². The lowest BCUT2D eigenvalue weighted by Crippen LogP contribution is -2.41. The molecular formula is C21H27N3O3. The molecule has 0 radical (unpaired) electrons. The zero-order valence-corrected chi connectivity index (χ0v) is 15.9. The third-order valence-corrected chi connectivity index (χ3v) is 4.75. The molecule has 0 saturated carbocycles. The highest BCUT2D eigenvalue weighted by Gasteiger charge is 2.26. The molecule has 27 heavy (non-hydrogen) atoms. The Morgan fingerprint density at radius 3 is 2.63 bits per heavy atom. The highest BCUT2D eigenvalue weighted by atomic mass is 16.5. The number of benzene rings is 1. The molecule has 0 bridgehead atoms. The third kappa shape index (κ3) is 5.20. The zero-order valence-electron chi connectivity index (χ0n) is 15.9. The average Bonchev–Trinajstić information content (AvgIpc) is 2.64. The topological polar surface area (TPSA) is 68.5 Å². The van der Waals surface area contributed by atoms with E-state index in [1.807, 2.05) is 50.2 Å². The van der Waals surface area contributed by atoms with Crippen molar-refractivity contribution in [2.24, 2.45) is 0 Å². The van der Waals surface area contributed by atoms with Gasteiger partial charge in [0.25, 0.3) is 0 Å². The highest BCUT2D eigenvalue weighted by Crippen LogP contribution is 2.27. The van der Waals surface area contributed by atoms with Gasteiger partial charge in [-0.05, 0) is 51.9 Å². The number of ether oxygens (including phenoxy) is 1. The maximum Gasteiger partial charge on any atom is 0.238 e. The number of anilines is 1. The van der Waals surface area contributed by atoms with Crippen LogP contribution in [0, 0.1) is 5.21 Å². The second kappa shape index (κ2) is 8.86. The molecule has 1 saturated heterocycles. The van der Waals surface area contributed by atoms with Crippen molar-refractivity contribution in [1.29, 1.82) is 0 Å². The molecule has 1 fully saturated rings. The van der Waals surface area contributed by atoms with Crippen LogP contribution < -0.4 is 14.8 Å². The van der Waals surface area contributed by atoms with Crippen LogP contribution in [0.1, 0.15) is 38.3 Å². The van der Waals surface area contributed by atoms with Gasteiger partial charge in [-0.2, -0.15) is 4.73 Å². The molecule has 144 valence electrons. The molecule has 0 spiro atoms. The van der Waals surface area contributed by atoms with Crippen LogP contribution in [-0.2, 0) is 4.79 Å². The van der Waals surface area contributed by atoms with Gasteiger partial charge in [0.1, 0.15) is 5.75 Å². The maximum atomic E-state index is 12.5. The predicted octanol–water partition coefficient (Wildman–Crippen LogP) is 2.93. The number of carbonyl (C=O) groups excluding carboxylic acids is 1. The normalized spacial score (nSPS) is 15.7. The molecule has 6 nitrogen and oxygen atoms in total. The number of amides is 1. The number of nitrogens with one attached hydrogen (secondary N) is 1.